The van der Waals surface area contributed by atoms with E-state index in [0.29, 0.717) is 31.2 Å². The fourth-order valence-corrected chi connectivity index (χ4v) is 7.07. The first kappa shape index (κ1) is 22.5. The molecule has 1 aliphatic heterocycles. The van der Waals surface area contributed by atoms with Crippen molar-refractivity contribution < 1.29 is 19.1 Å². The van der Waals surface area contributed by atoms with Crippen molar-refractivity contribution in [1.82, 2.24) is 10.2 Å². The van der Waals surface area contributed by atoms with Gasteiger partial charge < -0.3 is 19.7 Å². The molecule has 180 valence electrons. The number of ether oxygens (including phenoxy) is 2. The third-order valence-electron chi connectivity index (χ3n) is 8.15. The molecule has 0 aromatic heterocycles. The van der Waals surface area contributed by atoms with Gasteiger partial charge in [0.15, 0.2) is 0 Å². The van der Waals surface area contributed by atoms with Crippen LogP contribution in [0.4, 0.5) is 9.59 Å². The lowest BCUT2D eigenvalue weighted by atomic mass is 9.55. The van der Waals surface area contributed by atoms with Gasteiger partial charge in [0, 0.05) is 6.54 Å². The summed E-state index contributed by atoms with van der Waals surface area (Å²) in [6.45, 7) is 6.16. The quantitative estimate of drug-likeness (QED) is 0.683. The number of carbonyl (C=O) groups excluding carboxylic acids is 2. The largest absolute Gasteiger partial charge is 0.446 e. The lowest BCUT2D eigenvalue weighted by Gasteiger charge is -2.53. The van der Waals surface area contributed by atoms with E-state index in [1.54, 1.807) is 0 Å². The Bertz CT molecular complexity index is 837. The summed E-state index contributed by atoms with van der Waals surface area (Å²) >= 11 is 0. The summed E-state index contributed by atoms with van der Waals surface area (Å²) in [5.74, 6) is 2.78. The molecule has 4 bridgehead atoms. The second-order valence-electron chi connectivity index (χ2n) is 11.8. The summed E-state index contributed by atoms with van der Waals surface area (Å²) in [6, 6.07) is 9.85. The van der Waals surface area contributed by atoms with Gasteiger partial charge in [-0.05, 0) is 95.0 Å². The maximum absolute atomic E-state index is 13.5. The van der Waals surface area contributed by atoms with Crippen LogP contribution in [0, 0.1) is 23.7 Å². The third kappa shape index (κ3) is 4.99. The highest BCUT2D eigenvalue weighted by atomic mass is 16.6. The highest BCUT2D eigenvalue weighted by molar-refractivity contribution is 5.71. The van der Waals surface area contributed by atoms with Crippen LogP contribution >= 0.6 is 0 Å². The molecule has 2 amide bonds. The average Bonchev–Trinajstić information content (AvgIpc) is 3.11. The first-order valence-corrected chi connectivity index (χ1v) is 12.8. The topological polar surface area (TPSA) is 67.9 Å². The van der Waals surface area contributed by atoms with Gasteiger partial charge in [-0.15, -0.1) is 0 Å². The van der Waals surface area contributed by atoms with E-state index in [1.807, 2.05) is 43.9 Å². The number of nitrogens with zero attached hydrogens (tertiary/aromatic N) is 1. The molecule has 6 heteroatoms. The number of rotatable bonds is 4. The fourth-order valence-electron chi connectivity index (χ4n) is 7.07. The lowest BCUT2D eigenvalue weighted by Crippen LogP contribution is -2.53. The normalized spacial score (nSPS) is 34.9. The van der Waals surface area contributed by atoms with Crippen molar-refractivity contribution >= 4 is 12.2 Å². The van der Waals surface area contributed by atoms with Gasteiger partial charge in [-0.25, -0.2) is 9.59 Å². The van der Waals surface area contributed by atoms with Crippen LogP contribution in [-0.4, -0.2) is 47.4 Å². The van der Waals surface area contributed by atoms with E-state index >= 15 is 0 Å². The van der Waals surface area contributed by atoms with Crippen molar-refractivity contribution in [2.75, 3.05) is 6.54 Å². The minimum Gasteiger partial charge on any atom is -0.446 e. The molecule has 1 heterocycles. The molecule has 5 aliphatic rings. The molecule has 1 saturated heterocycles. The number of likely N-dealkylation sites (tertiary alicyclic amines) is 1. The average molecular weight is 455 g/mol. The number of alkyl carbamates (subject to hydrolysis) is 1. The highest BCUT2D eigenvalue weighted by Crippen LogP contribution is 2.54. The summed E-state index contributed by atoms with van der Waals surface area (Å²) in [4.78, 5) is 27.8. The Morgan fingerprint density at radius 1 is 1.00 bits per heavy atom. The molecule has 4 aliphatic carbocycles. The molecule has 0 spiro atoms. The molecule has 6 rings (SSSR count). The molecule has 0 unspecified atom stereocenters. The van der Waals surface area contributed by atoms with Gasteiger partial charge in [-0.1, -0.05) is 30.3 Å². The van der Waals surface area contributed by atoms with Crippen LogP contribution in [-0.2, 0) is 15.9 Å². The van der Waals surface area contributed by atoms with Crippen LogP contribution in [0.5, 0.6) is 0 Å². The number of hydrogen-bond donors (Lipinski definition) is 1. The van der Waals surface area contributed by atoms with Crippen LogP contribution in [0.15, 0.2) is 30.3 Å². The minimum absolute atomic E-state index is 0.0699. The number of hydrogen-bond acceptors (Lipinski definition) is 4. The van der Waals surface area contributed by atoms with Gasteiger partial charge in [-0.3, -0.25) is 0 Å². The Morgan fingerprint density at radius 2 is 1.64 bits per heavy atom. The zero-order valence-electron chi connectivity index (χ0n) is 20.2. The number of amides is 2. The van der Waals surface area contributed by atoms with Crippen LogP contribution in [0.25, 0.3) is 0 Å². The Balaban J connectivity index is 1.28. The van der Waals surface area contributed by atoms with Crippen molar-refractivity contribution in [1.29, 1.82) is 0 Å². The summed E-state index contributed by atoms with van der Waals surface area (Å²) in [6.07, 6.45) is 7.09. The summed E-state index contributed by atoms with van der Waals surface area (Å²) in [5, 5.41) is 3.04. The Kier molecular flexibility index (Phi) is 6.04. The lowest BCUT2D eigenvalue weighted by molar-refractivity contribution is -0.103. The summed E-state index contributed by atoms with van der Waals surface area (Å²) in [5.41, 5.74) is 0.586. The van der Waals surface area contributed by atoms with Gasteiger partial charge in [0.25, 0.3) is 0 Å². The van der Waals surface area contributed by atoms with Crippen LogP contribution in [0.3, 0.4) is 0 Å². The van der Waals surface area contributed by atoms with Gasteiger partial charge in [0.2, 0.25) is 0 Å². The molecule has 6 nitrogen and oxygen atoms in total. The maximum Gasteiger partial charge on any atom is 0.410 e. The molecule has 1 N–H and O–H groups in total. The fraction of sp³-hybridized carbons (Fsp3) is 0.704. The zero-order chi connectivity index (χ0) is 23.2. The van der Waals surface area contributed by atoms with Crippen molar-refractivity contribution in [3.8, 4) is 0 Å². The molecule has 33 heavy (non-hydrogen) atoms. The van der Waals surface area contributed by atoms with E-state index in [2.05, 4.69) is 17.4 Å². The Labute approximate surface area is 197 Å². The number of nitrogens with one attached hydrogen (secondary N) is 1. The second kappa shape index (κ2) is 8.84. The monoisotopic (exact) mass is 454 g/mol. The molecular formula is C27H38N2O4. The maximum atomic E-state index is 13.5. The zero-order valence-corrected chi connectivity index (χ0v) is 20.2. The Hall–Kier alpha value is -2.24. The van der Waals surface area contributed by atoms with Crippen molar-refractivity contribution in [2.45, 2.75) is 89.5 Å². The first-order valence-electron chi connectivity index (χ1n) is 12.8. The molecule has 0 radical (unpaired) electrons. The smallest absolute Gasteiger partial charge is 0.410 e. The molecule has 1 aromatic rings. The minimum atomic E-state index is -0.560. The van der Waals surface area contributed by atoms with Crippen molar-refractivity contribution in [2.24, 2.45) is 23.7 Å². The van der Waals surface area contributed by atoms with Crippen LogP contribution in [0.2, 0.25) is 0 Å². The van der Waals surface area contributed by atoms with Gasteiger partial charge >= 0.3 is 12.2 Å². The highest BCUT2D eigenvalue weighted by Gasteiger charge is 2.51. The van der Waals surface area contributed by atoms with E-state index in [-0.39, 0.29) is 24.3 Å². The first-order chi connectivity index (χ1) is 15.7. The standard InChI is InChI=1S/C27H38N2O4/c1-27(2,3)33-25(30)28-22-9-10-29(23(22)16-17-7-5-4-6-8-17)26(31)32-24-20-12-18-11-19(14-20)15-21(24)13-18/h4-8,18-24H,9-16H2,1-3H3,(H,28,30)/t18?,19?,20?,21?,22-,23+,24?/m1/s1. The second-order valence-corrected chi connectivity index (χ2v) is 11.8. The number of benzene rings is 1. The van der Waals surface area contributed by atoms with Crippen LogP contribution < -0.4 is 5.32 Å². The third-order valence-corrected chi connectivity index (χ3v) is 8.15. The number of carbonyl (C=O) groups is 2. The summed E-state index contributed by atoms with van der Waals surface area (Å²) < 4.78 is 11.8. The molecule has 5 fully saturated rings. The van der Waals surface area contributed by atoms with Crippen molar-refractivity contribution in [3.63, 3.8) is 0 Å². The van der Waals surface area contributed by atoms with E-state index in [9.17, 15) is 9.59 Å². The van der Waals surface area contributed by atoms with E-state index in [4.69, 9.17) is 9.47 Å². The molecule has 2 atom stereocenters. The molecule has 4 saturated carbocycles. The molecular weight excluding hydrogens is 416 g/mol. The Morgan fingerprint density at radius 3 is 2.24 bits per heavy atom. The van der Waals surface area contributed by atoms with E-state index < -0.39 is 11.7 Å². The predicted molar refractivity (Wildman–Crippen MR) is 126 cm³/mol. The van der Waals surface area contributed by atoms with Crippen molar-refractivity contribution in [3.05, 3.63) is 35.9 Å². The van der Waals surface area contributed by atoms with Gasteiger partial charge in [-0.2, -0.15) is 0 Å². The van der Waals surface area contributed by atoms with Crippen LogP contribution in [0.1, 0.15) is 64.9 Å². The van der Waals surface area contributed by atoms with E-state index in [0.717, 1.165) is 17.4 Å². The SMILES string of the molecule is CC(C)(C)OC(=O)N[C@@H]1CCN(C(=O)OC2C3CC4CC(C3)CC2C4)[C@H]1Cc1ccccc1. The predicted octanol–water partition coefficient (Wildman–Crippen LogP) is 5.16. The van der Waals surface area contributed by atoms with Gasteiger partial charge in [0.05, 0.1) is 12.1 Å². The van der Waals surface area contributed by atoms with E-state index in [1.165, 1.54) is 32.1 Å². The summed E-state index contributed by atoms with van der Waals surface area (Å²) in [7, 11) is 0. The molecule has 1 aromatic carbocycles. The van der Waals surface area contributed by atoms with Gasteiger partial charge in [0.1, 0.15) is 11.7 Å².